The number of benzene rings is 2. The normalized spacial score (nSPS) is 10.2. The molecule has 1 aromatic heterocycles. The fourth-order valence-electron chi connectivity index (χ4n) is 2.28. The fraction of sp³-hybridized carbons (Fsp3) is 0.105. The minimum absolute atomic E-state index is 0.346. The lowest BCUT2D eigenvalue weighted by Gasteiger charge is -2.09. The predicted molar refractivity (Wildman–Crippen MR) is 103 cm³/mol. The third-order valence-corrected chi connectivity index (χ3v) is 3.69. The Kier molecular flexibility index (Phi) is 5.66. The highest BCUT2D eigenvalue weighted by Gasteiger charge is 2.05. The van der Waals surface area contributed by atoms with Crippen LogP contribution in [0.25, 0.3) is 11.3 Å². The van der Waals surface area contributed by atoms with E-state index in [0.29, 0.717) is 28.9 Å². The first-order valence-corrected chi connectivity index (χ1v) is 8.42. The molecular weight excluding hydrogens is 352 g/mol. The summed E-state index contributed by atoms with van der Waals surface area (Å²) in [7, 11) is 0. The summed E-state index contributed by atoms with van der Waals surface area (Å²) in [5.74, 6) is 0.493. The summed E-state index contributed by atoms with van der Waals surface area (Å²) < 4.78 is 5.28. The topological polar surface area (TPSA) is 76.1 Å². The number of nitrogens with zero attached hydrogens (tertiary/aromatic N) is 2. The molecule has 2 aromatic carbocycles. The molecule has 0 unspecified atom stereocenters. The maximum atomic E-state index is 12.0. The molecule has 0 atom stereocenters. The zero-order valence-electron chi connectivity index (χ0n) is 14.1. The molecule has 0 spiro atoms. The average molecular weight is 369 g/mol. The van der Waals surface area contributed by atoms with Gasteiger partial charge < -0.3 is 15.4 Å². The number of nitrogens with one attached hydrogen (secondary N) is 2. The SMILES string of the molecule is CCOc1ccc(-c2ccc(NC(=O)Nc3cccc(Cl)c3)cc2)nn1. The van der Waals surface area contributed by atoms with Gasteiger partial charge in [-0.1, -0.05) is 29.8 Å². The molecule has 0 aliphatic rings. The highest BCUT2D eigenvalue weighted by molar-refractivity contribution is 6.30. The zero-order chi connectivity index (χ0) is 18.4. The number of amides is 2. The van der Waals surface area contributed by atoms with E-state index in [1.54, 1.807) is 42.5 Å². The summed E-state index contributed by atoms with van der Waals surface area (Å²) in [5.41, 5.74) is 2.90. The van der Waals surface area contributed by atoms with Gasteiger partial charge in [0.05, 0.1) is 12.3 Å². The Morgan fingerprint density at radius 3 is 2.42 bits per heavy atom. The van der Waals surface area contributed by atoms with Crippen molar-refractivity contribution in [1.29, 1.82) is 0 Å². The average Bonchev–Trinajstić information content (AvgIpc) is 2.63. The second-order valence-corrected chi connectivity index (χ2v) is 5.79. The lowest BCUT2D eigenvalue weighted by molar-refractivity contribution is 0.262. The van der Waals surface area contributed by atoms with Gasteiger partial charge in [0, 0.05) is 28.0 Å². The summed E-state index contributed by atoms with van der Waals surface area (Å²) in [6.07, 6.45) is 0. The monoisotopic (exact) mass is 368 g/mol. The lowest BCUT2D eigenvalue weighted by Crippen LogP contribution is -2.19. The van der Waals surface area contributed by atoms with E-state index in [9.17, 15) is 4.79 Å². The van der Waals surface area contributed by atoms with Crippen LogP contribution < -0.4 is 15.4 Å². The molecular formula is C19H17ClN4O2. The van der Waals surface area contributed by atoms with E-state index in [1.165, 1.54) is 0 Å². The maximum Gasteiger partial charge on any atom is 0.323 e. The maximum absolute atomic E-state index is 12.0. The quantitative estimate of drug-likeness (QED) is 0.675. The number of carbonyl (C=O) groups excluding carboxylic acids is 1. The van der Waals surface area contributed by atoms with Crippen LogP contribution in [0, 0.1) is 0 Å². The Bertz CT molecular complexity index is 883. The Labute approximate surface area is 156 Å². The number of ether oxygens (including phenoxy) is 1. The van der Waals surface area contributed by atoms with Gasteiger partial charge in [-0.3, -0.25) is 0 Å². The summed E-state index contributed by atoms with van der Waals surface area (Å²) in [4.78, 5) is 12.0. The molecule has 2 N–H and O–H groups in total. The van der Waals surface area contributed by atoms with Crippen molar-refractivity contribution in [2.24, 2.45) is 0 Å². The van der Waals surface area contributed by atoms with Gasteiger partial charge >= 0.3 is 6.03 Å². The molecule has 132 valence electrons. The number of halogens is 1. The molecule has 0 bridgehead atoms. The fourth-order valence-corrected chi connectivity index (χ4v) is 2.47. The van der Waals surface area contributed by atoms with Gasteiger partial charge in [-0.2, -0.15) is 0 Å². The summed E-state index contributed by atoms with van der Waals surface area (Å²) >= 11 is 5.90. The molecule has 0 aliphatic heterocycles. The molecule has 0 aliphatic carbocycles. The second-order valence-electron chi connectivity index (χ2n) is 5.36. The number of rotatable bonds is 5. The van der Waals surface area contributed by atoms with Crippen molar-refractivity contribution >= 4 is 29.0 Å². The molecule has 0 saturated heterocycles. The van der Waals surface area contributed by atoms with Crippen molar-refractivity contribution in [3.63, 3.8) is 0 Å². The van der Waals surface area contributed by atoms with E-state index in [4.69, 9.17) is 16.3 Å². The van der Waals surface area contributed by atoms with Crippen LogP contribution >= 0.6 is 11.6 Å². The lowest BCUT2D eigenvalue weighted by atomic mass is 10.1. The predicted octanol–water partition coefficient (Wildman–Crippen LogP) is 4.84. The van der Waals surface area contributed by atoms with Crippen LogP contribution in [0.15, 0.2) is 60.7 Å². The van der Waals surface area contributed by atoms with Crippen molar-refractivity contribution in [3.05, 3.63) is 65.7 Å². The Morgan fingerprint density at radius 2 is 1.77 bits per heavy atom. The molecule has 1 heterocycles. The summed E-state index contributed by atoms with van der Waals surface area (Å²) in [6.45, 7) is 2.44. The van der Waals surface area contributed by atoms with E-state index < -0.39 is 0 Å². The van der Waals surface area contributed by atoms with Gasteiger partial charge in [0.2, 0.25) is 5.88 Å². The van der Waals surface area contributed by atoms with E-state index in [-0.39, 0.29) is 6.03 Å². The van der Waals surface area contributed by atoms with E-state index in [0.717, 1.165) is 11.3 Å². The van der Waals surface area contributed by atoms with E-state index >= 15 is 0 Å². The molecule has 0 fully saturated rings. The van der Waals surface area contributed by atoms with E-state index in [1.807, 2.05) is 25.1 Å². The first kappa shape index (κ1) is 17.7. The van der Waals surface area contributed by atoms with Crippen LogP contribution in [0.5, 0.6) is 5.88 Å². The highest BCUT2D eigenvalue weighted by atomic mass is 35.5. The first-order chi connectivity index (χ1) is 12.6. The number of urea groups is 1. The molecule has 3 aromatic rings. The third-order valence-electron chi connectivity index (χ3n) is 3.45. The van der Waals surface area contributed by atoms with Crippen LogP contribution in [0.1, 0.15) is 6.92 Å². The molecule has 6 nitrogen and oxygen atoms in total. The molecule has 26 heavy (non-hydrogen) atoms. The van der Waals surface area contributed by atoms with Crippen LogP contribution in [-0.4, -0.2) is 22.8 Å². The molecule has 2 amide bonds. The van der Waals surface area contributed by atoms with Crippen molar-refractivity contribution in [1.82, 2.24) is 10.2 Å². The minimum atomic E-state index is -0.346. The number of carbonyl (C=O) groups is 1. The molecule has 0 radical (unpaired) electrons. The van der Waals surface area contributed by atoms with Gasteiger partial charge in [0.15, 0.2) is 0 Å². The molecule has 3 rings (SSSR count). The zero-order valence-corrected chi connectivity index (χ0v) is 14.8. The van der Waals surface area contributed by atoms with Gasteiger partial charge in [0.25, 0.3) is 0 Å². The molecule has 0 saturated carbocycles. The van der Waals surface area contributed by atoms with Crippen molar-refractivity contribution in [2.75, 3.05) is 17.2 Å². The van der Waals surface area contributed by atoms with Crippen molar-refractivity contribution in [2.45, 2.75) is 6.92 Å². The van der Waals surface area contributed by atoms with Crippen LogP contribution in [0.2, 0.25) is 5.02 Å². The highest BCUT2D eigenvalue weighted by Crippen LogP contribution is 2.21. The second kappa shape index (κ2) is 8.31. The number of hydrogen-bond donors (Lipinski definition) is 2. The Balaban J connectivity index is 1.62. The van der Waals surface area contributed by atoms with Crippen LogP contribution in [-0.2, 0) is 0 Å². The smallest absolute Gasteiger partial charge is 0.323 e. The Morgan fingerprint density at radius 1 is 1.00 bits per heavy atom. The summed E-state index contributed by atoms with van der Waals surface area (Å²) in [5, 5.41) is 14.2. The third kappa shape index (κ3) is 4.70. The minimum Gasteiger partial charge on any atom is -0.477 e. The van der Waals surface area contributed by atoms with Crippen LogP contribution in [0.3, 0.4) is 0 Å². The van der Waals surface area contributed by atoms with Gasteiger partial charge in [-0.05, 0) is 43.3 Å². The van der Waals surface area contributed by atoms with Crippen LogP contribution in [0.4, 0.5) is 16.2 Å². The van der Waals surface area contributed by atoms with Crippen molar-refractivity contribution in [3.8, 4) is 17.1 Å². The van der Waals surface area contributed by atoms with Gasteiger partial charge in [-0.25, -0.2) is 4.79 Å². The first-order valence-electron chi connectivity index (χ1n) is 8.04. The van der Waals surface area contributed by atoms with Gasteiger partial charge in [-0.15, -0.1) is 10.2 Å². The van der Waals surface area contributed by atoms with Crippen molar-refractivity contribution < 1.29 is 9.53 Å². The van der Waals surface area contributed by atoms with Gasteiger partial charge in [0.1, 0.15) is 0 Å². The number of anilines is 2. The number of aromatic nitrogens is 2. The van der Waals surface area contributed by atoms with E-state index in [2.05, 4.69) is 20.8 Å². The largest absolute Gasteiger partial charge is 0.477 e. The number of hydrogen-bond acceptors (Lipinski definition) is 4. The molecule has 7 heteroatoms. The standard InChI is InChI=1S/C19H17ClN4O2/c1-2-26-18-11-10-17(23-24-18)13-6-8-15(9-7-13)21-19(25)22-16-5-3-4-14(20)12-16/h3-12H,2H2,1H3,(H2,21,22,25). The summed E-state index contributed by atoms with van der Waals surface area (Å²) in [6, 6.07) is 17.5. The Hall–Kier alpha value is -3.12.